The van der Waals surface area contributed by atoms with Crippen LogP contribution in [-0.2, 0) is 13.1 Å². The molecule has 0 amide bonds. The van der Waals surface area contributed by atoms with Gasteiger partial charge in [0.15, 0.2) is 0 Å². The van der Waals surface area contributed by atoms with Crippen LogP contribution < -0.4 is 0 Å². The van der Waals surface area contributed by atoms with Crippen LogP contribution in [0.5, 0.6) is 0 Å². The van der Waals surface area contributed by atoms with E-state index >= 15 is 0 Å². The Balaban J connectivity index is 1.88. The molecule has 1 unspecified atom stereocenters. The normalized spacial score (nSPS) is 12.2. The molecular formula is C22H23NS. The highest BCUT2D eigenvalue weighted by Gasteiger charge is 2.19. The molecule has 3 aromatic carbocycles. The second-order valence-electron chi connectivity index (χ2n) is 5.99. The van der Waals surface area contributed by atoms with Crippen LogP contribution >= 0.6 is 12.6 Å². The van der Waals surface area contributed by atoms with Crippen LogP contribution in [0.15, 0.2) is 91.0 Å². The molecule has 0 aliphatic rings. The maximum Gasteiger partial charge on any atom is 0.0443 e. The molecule has 0 radical (unpaired) electrons. The third-order valence-corrected chi connectivity index (χ3v) is 4.60. The van der Waals surface area contributed by atoms with Gasteiger partial charge in [-0.1, -0.05) is 91.0 Å². The first-order chi connectivity index (χ1) is 11.9. The zero-order chi connectivity index (χ0) is 16.6. The summed E-state index contributed by atoms with van der Waals surface area (Å²) in [6, 6.07) is 32.3. The fourth-order valence-electron chi connectivity index (χ4n) is 3.02. The van der Waals surface area contributed by atoms with Crippen LogP contribution in [0.3, 0.4) is 0 Å². The summed E-state index contributed by atoms with van der Waals surface area (Å²) in [5.41, 5.74) is 3.98. The van der Waals surface area contributed by atoms with Gasteiger partial charge in [0.1, 0.15) is 0 Å². The lowest BCUT2D eigenvalue weighted by molar-refractivity contribution is 0.196. The van der Waals surface area contributed by atoms with E-state index in [2.05, 4.69) is 109 Å². The van der Waals surface area contributed by atoms with Crippen molar-refractivity contribution in [3.05, 3.63) is 108 Å². The van der Waals surface area contributed by atoms with Crippen molar-refractivity contribution in [1.29, 1.82) is 0 Å². The SMILES string of the molecule is SCC(c1ccccc1)N(Cc1ccccc1)Cc1ccccc1. The van der Waals surface area contributed by atoms with Gasteiger partial charge in [0.2, 0.25) is 0 Å². The average Bonchev–Trinajstić information content (AvgIpc) is 2.65. The predicted molar refractivity (Wildman–Crippen MR) is 105 cm³/mol. The molecule has 0 aliphatic heterocycles. The van der Waals surface area contributed by atoms with Gasteiger partial charge < -0.3 is 0 Å². The minimum atomic E-state index is 0.287. The molecule has 0 N–H and O–H groups in total. The first kappa shape index (κ1) is 16.8. The summed E-state index contributed by atoms with van der Waals surface area (Å²) in [6.45, 7) is 1.83. The molecule has 0 aliphatic carbocycles. The summed E-state index contributed by atoms with van der Waals surface area (Å²) in [5, 5.41) is 0. The van der Waals surface area contributed by atoms with Gasteiger partial charge in [-0.25, -0.2) is 0 Å². The van der Waals surface area contributed by atoms with Crippen LogP contribution in [0, 0.1) is 0 Å². The second kappa shape index (κ2) is 8.72. The Morgan fingerprint density at radius 2 is 1.04 bits per heavy atom. The predicted octanol–water partition coefficient (Wildman–Crippen LogP) is 5.36. The Morgan fingerprint density at radius 3 is 1.46 bits per heavy atom. The largest absolute Gasteiger partial charge is 0.287 e. The Kier molecular flexibility index (Phi) is 6.11. The standard InChI is InChI=1S/C22H23NS/c24-18-22(21-14-8-3-9-15-21)23(16-19-10-4-1-5-11-19)17-20-12-6-2-7-13-20/h1-15,22,24H,16-18H2. The lowest BCUT2D eigenvalue weighted by Crippen LogP contribution is -2.29. The molecule has 3 rings (SSSR count). The Morgan fingerprint density at radius 1 is 0.625 bits per heavy atom. The van der Waals surface area contributed by atoms with Gasteiger partial charge in [-0.2, -0.15) is 12.6 Å². The molecule has 0 fully saturated rings. The zero-order valence-corrected chi connectivity index (χ0v) is 14.6. The third-order valence-electron chi connectivity index (χ3n) is 4.26. The number of nitrogens with zero attached hydrogens (tertiary/aromatic N) is 1. The third kappa shape index (κ3) is 4.50. The lowest BCUT2D eigenvalue weighted by Gasteiger charge is -2.31. The van der Waals surface area contributed by atoms with E-state index in [0.717, 1.165) is 18.8 Å². The molecular weight excluding hydrogens is 310 g/mol. The van der Waals surface area contributed by atoms with Gasteiger partial charge in [0.25, 0.3) is 0 Å². The van der Waals surface area contributed by atoms with Crippen molar-refractivity contribution < 1.29 is 0 Å². The van der Waals surface area contributed by atoms with Crippen molar-refractivity contribution in [1.82, 2.24) is 4.90 Å². The average molecular weight is 334 g/mol. The molecule has 2 heteroatoms. The first-order valence-corrected chi connectivity index (χ1v) is 8.98. The molecule has 24 heavy (non-hydrogen) atoms. The molecule has 0 saturated carbocycles. The molecule has 122 valence electrons. The van der Waals surface area contributed by atoms with E-state index in [1.807, 2.05) is 0 Å². The number of hydrogen-bond acceptors (Lipinski definition) is 2. The van der Waals surface area contributed by atoms with Gasteiger partial charge in [-0.15, -0.1) is 0 Å². The van der Waals surface area contributed by atoms with Gasteiger partial charge in [0, 0.05) is 24.9 Å². The molecule has 0 bridgehead atoms. The van der Waals surface area contributed by atoms with E-state index < -0.39 is 0 Å². The Hall–Kier alpha value is -2.03. The quantitative estimate of drug-likeness (QED) is 0.570. The van der Waals surface area contributed by atoms with E-state index in [1.165, 1.54) is 16.7 Å². The molecule has 0 aromatic heterocycles. The fraction of sp³-hybridized carbons (Fsp3) is 0.182. The van der Waals surface area contributed by atoms with Gasteiger partial charge >= 0.3 is 0 Å². The van der Waals surface area contributed by atoms with Crippen molar-refractivity contribution >= 4 is 12.6 Å². The Bertz CT molecular complexity index is 671. The Labute approximate surface area is 150 Å². The maximum absolute atomic E-state index is 4.66. The van der Waals surface area contributed by atoms with Crippen molar-refractivity contribution in [2.24, 2.45) is 0 Å². The highest BCUT2D eigenvalue weighted by Crippen LogP contribution is 2.26. The highest BCUT2D eigenvalue weighted by atomic mass is 32.1. The lowest BCUT2D eigenvalue weighted by atomic mass is 10.0. The van der Waals surface area contributed by atoms with Gasteiger partial charge in [-0.05, 0) is 16.7 Å². The van der Waals surface area contributed by atoms with E-state index in [9.17, 15) is 0 Å². The van der Waals surface area contributed by atoms with Crippen LogP contribution in [0.4, 0.5) is 0 Å². The molecule has 0 spiro atoms. The van der Waals surface area contributed by atoms with Crippen molar-refractivity contribution in [2.45, 2.75) is 19.1 Å². The molecule has 3 aromatic rings. The van der Waals surface area contributed by atoms with E-state index in [-0.39, 0.29) is 6.04 Å². The number of rotatable bonds is 7. The van der Waals surface area contributed by atoms with E-state index in [4.69, 9.17) is 0 Å². The summed E-state index contributed by atoms with van der Waals surface area (Å²) in [7, 11) is 0. The molecule has 0 saturated heterocycles. The first-order valence-electron chi connectivity index (χ1n) is 8.34. The number of benzene rings is 3. The van der Waals surface area contributed by atoms with E-state index in [1.54, 1.807) is 0 Å². The zero-order valence-electron chi connectivity index (χ0n) is 13.8. The molecule has 0 heterocycles. The number of thiol groups is 1. The minimum Gasteiger partial charge on any atom is -0.287 e. The van der Waals surface area contributed by atoms with Crippen LogP contribution in [0.1, 0.15) is 22.7 Å². The van der Waals surface area contributed by atoms with Crippen LogP contribution in [0.25, 0.3) is 0 Å². The topological polar surface area (TPSA) is 3.24 Å². The second-order valence-corrected chi connectivity index (χ2v) is 6.35. The summed E-state index contributed by atoms with van der Waals surface area (Å²) >= 11 is 4.66. The van der Waals surface area contributed by atoms with Gasteiger partial charge in [-0.3, -0.25) is 4.90 Å². The smallest absolute Gasteiger partial charge is 0.0443 e. The number of hydrogen-bond donors (Lipinski definition) is 1. The van der Waals surface area contributed by atoms with Crippen molar-refractivity contribution in [3.8, 4) is 0 Å². The minimum absolute atomic E-state index is 0.287. The molecule has 1 atom stereocenters. The summed E-state index contributed by atoms with van der Waals surface area (Å²) < 4.78 is 0. The fourth-order valence-corrected chi connectivity index (χ4v) is 3.46. The highest BCUT2D eigenvalue weighted by molar-refractivity contribution is 7.80. The van der Waals surface area contributed by atoms with Crippen molar-refractivity contribution in [2.75, 3.05) is 5.75 Å². The molecule has 1 nitrogen and oxygen atoms in total. The monoisotopic (exact) mass is 333 g/mol. The summed E-state index contributed by atoms with van der Waals surface area (Å²) in [4.78, 5) is 2.51. The van der Waals surface area contributed by atoms with Crippen LogP contribution in [0.2, 0.25) is 0 Å². The summed E-state index contributed by atoms with van der Waals surface area (Å²) in [6.07, 6.45) is 0. The maximum atomic E-state index is 4.66. The van der Waals surface area contributed by atoms with Crippen molar-refractivity contribution in [3.63, 3.8) is 0 Å². The summed E-state index contributed by atoms with van der Waals surface area (Å²) in [5.74, 6) is 0.795. The van der Waals surface area contributed by atoms with Crippen LogP contribution in [-0.4, -0.2) is 10.7 Å². The van der Waals surface area contributed by atoms with Gasteiger partial charge in [0.05, 0.1) is 0 Å². The van der Waals surface area contributed by atoms with E-state index in [0.29, 0.717) is 0 Å².